The number of nitrogens with zero attached hydrogens (tertiary/aromatic N) is 4. The summed E-state index contributed by atoms with van der Waals surface area (Å²) in [4.78, 5) is 6.99. The van der Waals surface area contributed by atoms with Gasteiger partial charge in [0.05, 0.1) is 18.1 Å². The van der Waals surface area contributed by atoms with Gasteiger partial charge in [-0.2, -0.15) is 0 Å². The normalized spacial score (nSPS) is 17.9. The molecule has 0 amide bonds. The summed E-state index contributed by atoms with van der Waals surface area (Å²) in [5.41, 5.74) is 3.37. The fourth-order valence-corrected chi connectivity index (χ4v) is 5.89. The highest BCUT2D eigenvalue weighted by Crippen LogP contribution is 2.39. The molecule has 0 radical (unpaired) electrons. The summed E-state index contributed by atoms with van der Waals surface area (Å²) in [6, 6.07) is 6.04. The number of thioether (sulfide) groups is 1. The fourth-order valence-electron chi connectivity index (χ4n) is 3.96. The van der Waals surface area contributed by atoms with Gasteiger partial charge < -0.3 is 14.2 Å². The molecule has 5 heterocycles. The van der Waals surface area contributed by atoms with Crippen LogP contribution in [0.15, 0.2) is 29.7 Å². The molecule has 1 atom stereocenters. The van der Waals surface area contributed by atoms with Crippen LogP contribution < -0.4 is 9.47 Å². The van der Waals surface area contributed by atoms with E-state index in [1.165, 1.54) is 10.4 Å². The van der Waals surface area contributed by atoms with Crippen LogP contribution >= 0.6 is 23.1 Å². The van der Waals surface area contributed by atoms with E-state index < -0.39 is 0 Å². The van der Waals surface area contributed by atoms with Crippen LogP contribution in [0.5, 0.6) is 11.5 Å². The maximum Gasteiger partial charge on any atom is 0.231 e. The molecule has 154 valence electrons. The van der Waals surface area contributed by atoms with Gasteiger partial charge in [-0.15, -0.1) is 21.5 Å². The zero-order chi connectivity index (χ0) is 20.2. The van der Waals surface area contributed by atoms with Gasteiger partial charge >= 0.3 is 0 Å². The summed E-state index contributed by atoms with van der Waals surface area (Å²) in [7, 11) is 0. The largest absolute Gasteiger partial charge is 0.454 e. The van der Waals surface area contributed by atoms with Crippen molar-refractivity contribution in [2.24, 2.45) is 5.92 Å². The highest BCUT2D eigenvalue weighted by atomic mass is 32.2. The van der Waals surface area contributed by atoms with Crippen molar-refractivity contribution in [1.29, 1.82) is 0 Å². The van der Waals surface area contributed by atoms with Gasteiger partial charge in [-0.05, 0) is 29.2 Å². The third kappa shape index (κ3) is 2.95. The van der Waals surface area contributed by atoms with E-state index in [1.54, 1.807) is 23.1 Å². The average molecular weight is 441 g/mol. The van der Waals surface area contributed by atoms with E-state index >= 15 is 0 Å². The minimum atomic E-state index is 0.235. The second-order valence-electron chi connectivity index (χ2n) is 7.88. The molecule has 0 aliphatic carbocycles. The van der Waals surface area contributed by atoms with Crippen molar-refractivity contribution < 1.29 is 14.2 Å². The molecule has 6 rings (SSSR count). The predicted molar refractivity (Wildman–Crippen MR) is 115 cm³/mol. The summed E-state index contributed by atoms with van der Waals surface area (Å²) in [5.74, 6) is 2.84. The Morgan fingerprint density at radius 2 is 2.13 bits per heavy atom. The Morgan fingerprint density at radius 1 is 1.23 bits per heavy atom. The van der Waals surface area contributed by atoms with E-state index in [2.05, 4.69) is 30.1 Å². The molecule has 0 saturated heterocycles. The Labute approximate surface area is 181 Å². The number of hydrogen-bond acceptors (Lipinski definition) is 8. The topological polar surface area (TPSA) is 70.8 Å². The quantitative estimate of drug-likeness (QED) is 0.434. The molecule has 0 saturated carbocycles. The second-order valence-corrected chi connectivity index (χ2v) is 9.90. The molecule has 9 heteroatoms. The molecule has 0 bridgehead atoms. The molecule has 1 aromatic carbocycles. The van der Waals surface area contributed by atoms with E-state index in [4.69, 9.17) is 19.2 Å². The first-order chi connectivity index (χ1) is 14.7. The van der Waals surface area contributed by atoms with E-state index in [0.717, 1.165) is 50.3 Å². The lowest BCUT2D eigenvalue weighted by Crippen LogP contribution is -2.26. The number of fused-ring (bicyclic) bond motifs is 6. The van der Waals surface area contributed by atoms with Crippen molar-refractivity contribution >= 4 is 39.0 Å². The van der Waals surface area contributed by atoms with Gasteiger partial charge in [0.15, 0.2) is 22.3 Å². The van der Waals surface area contributed by atoms with Crippen molar-refractivity contribution in [1.82, 2.24) is 19.6 Å². The van der Waals surface area contributed by atoms with Crippen molar-refractivity contribution in [3.63, 3.8) is 0 Å². The SMILES string of the molecule is CC(C)[C@@H]1Cc2c(sc3ncn4c(SCc5ccc6c(c5)OCO6)nnc4c23)CO1. The first-order valence-electron chi connectivity index (χ1n) is 9.94. The van der Waals surface area contributed by atoms with E-state index in [1.807, 2.05) is 22.9 Å². The molecule has 3 aromatic heterocycles. The number of rotatable bonds is 4. The first-order valence-corrected chi connectivity index (χ1v) is 11.7. The van der Waals surface area contributed by atoms with Crippen LogP contribution in [0, 0.1) is 5.92 Å². The highest BCUT2D eigenvalue weighted by molar-refractivity contribution is 7.98. The lowest BCUT2D eigenvalue weighted by molar-refractivity contribution is 0.00203. The van der Waals surface area contributed by atoms with Crippen LogP contribution in [0.4, 0.5) is 0 Å². The van der Waals surface area contributed by atoms with Crippen LogP contribution in [-0.2, 0) is 23.5 Å². The standard InChI is InChI=1S/C21H20N4O3S2/c1-11(2)15-6-13-17(7-26-15)30-20-18(13)19-23-24-21(25(19)9-22-20)29-8-12-3-4-14-16(5-12)28-10-27-14/h3-5,9,11,15H,6-8,10H2,1-2H3/t15-/m0/s1. The molecule has 0 unspecified atom stereocenters. The number of ether oxygens (including phenoxy) is 3. The van der Waals surface area contributed by atoms with Gasteiger partial charge in [0.1, 0.15) is 11.2 Å². The van der Waals surface area contributed by atoms with E-state index in [-0.39, 0.29) is 12.9 Å². The molecule has 0 fully saturated rings. The second kappa shape index (κ2) is 7.11. The zero-order valence-corrected chi connectivity index (χ0v) is 18.3. The molecule has 2 aliphatic heterocycles. The predicted octanol–water partition coefficient (Wildman–Crippen LogP) is 4.46. The minimum absolute atomic E-state index is 0.235. The monoisotopic (exact) mass is 440 g/mol. The minimum Gasteiger partial charge on any atom is -0.454 e. The van der Waals surface area contributed by atoms with Crippen LogP contribution in [0.3, 0.4) is 0 Å². The van der Waals surface area contributed by atoms with Crippen LogP contribution in [0.25, 0.3) is 15.9 Å². The molecule has 0 N–H and O–H groups in total. The fraction of sp³-hybridized carbons (Fsp3) is 0.381. The smallest absolute Gasteiger partial charge is 0.231 e. The number of aromatic nitrogens is 4. The third-order valence-corrected chi connectivity index (χ3v) is 7.76. The summed E-state index contributed by atoms with van der Waals surface area (Å²) in [5, 5.41) is 11.0. The first kappa shape index (κ1) is 18.4. The zero-order valence-electron chi connectivity index (χ0n) is 16.6. The lowest BCUT2D eigenvalue weighted by atomic mass is 9.96. The van der Waals surface area contributed by atoms with Crippen LogP contribution in [-0.4, -0.2) is 32.5 Å². The van der Waals surface area contributed by atoms with Gasteiger partial charge in [-0.25, -0.2) is 4.98 Å². The average Bonchev–Trinajstić information content (AvgIpc) is 3.46. The molecule has 7 nitrogen and oxygen atoms in total. The Morgan fingerprint density at radius 3 is 3.03 bits per heavy atom. The van der Waals surface area contributed by atoms with Crippen LogP contribution in [0.1, 0.15) is 29.9 Å². The van der Waals surface area contributed by atoms with Gasteiger partial charge in [0.25, 0.3) is 0 Å². The van der Waals surface area contributed by atoms with Crippen molar-refractivity contribution in [3.05, 3.63) is 40.5 Å². The van der Waals surface area contributed by atoms with Crippen molar-refractivity contribution in [2.45, 2.75) is 43.9 Å². The lowest BCUT2D eigenvalue weighted by Gasteiger charge is -2.26. The summed E-state index contributed by atoms with van der Waals surface area (Å²) in [6.07, 6.45) is 2.97. The Bertz CT molecular complexity index is 1270. The van der Waals surface area contributed by atoms with E-state index in [0.29, 0.717) is 12.5 Å². The molecular formula is C21H20N4O3S2. The van der Waals surface area contributed by atoms with Gasteiger partial charge in [-0.1, -0.05) is 31.7 Å². The van der Waals surface area contributed by atoms with Crippen molar-refractivity contribution in [3.8, 4) is 11.5 Å². The van der Waals surface area contributed by atoms with Gasteiger partial charge in [-0.3, -0.25) is 4.40 Å². The molecule has 2 aliphatic rings. The number of thiophene rings is 1. The highest BCUT2D eigenvalue weighted by Gasteiger charge is 2.28. The summed E-state index contributed by atoms with van der Waals surface area (Å²) < 4.78 is 18.9. The number of benzene rings is 1. The summed E-state index contributed by atoms with van der Waals surface area (Å²) in [6.45, 7) is 5.36. The molecule has 4 aromatic rings. The Hall–Kier alpha value is -2.36. The molecule has 0 spiro atoms. The van der Waals surface area contributed by atoms with Crippen molar-refractivity contribution in [2.75, 3.05) is 6.79 Å². The third-order valence-electron chi connectivity index (χ3n) is 5.63. The van der Waals surface area contributed by atoms with E-state index in [9.17, 15) is 0 Å². The maximum atomic E-state index is 6.05. The maximum absolute atomic E-state index is 6.05. The van der Waals surface area contributed by atoms with Gasteiger partial charge in [0.2, 0.25) is 6.79 Å². The summed E-state index contributed by atoms with van der Waals surface area (Å²) >= 11 is 3.35. The Balaban J connectivity index is 1.33. The number of hydrogen-bond donors (Lipinski definition) is 0. The van der Waals surface area contributed by atoms with Gasteiger partial charge in [0, 0.05) is 17.1 Å². The molecule has 30 heavy (non-hydrogen) atoms. The van der Waals surface area contributed by atoms with Crippen LogP contribution in [0.2, 0.25) is 0 Å². The Kier molecular flexibility index (Phi) is 4.36. The molecular weight excluding hydrogens is 420 g/mol.